The van der Waals surface area contributed by atoms with Crippen molar-refractivity contribution in [3.63, 3.8) is 0 Å². The van der Waals surface area contributed by atoms with Crippen molar-refractivity contribution >= 4 is 80.8 Å². The van der Waals surface area contributed by atoms with E-state index in [0.29, 0.717) is 77.0 Å². The van der Waals surface area contributed by atoms with E-state index >= 15 is 0 Å². The second kappa shape index (κ2) is 12.3. The Balaban J connectivity index is 1.15. The van der Waals surface area contributed by atoms with Crippen LogP contribution in [0.3, 0.4) is 0 Å². The summed E-state index contributed by atoms with van der Waals surface area (Å²) >= 11 is 6.94. The zero-order valence-corrected chi connectivity index (χ0v) is 30.6. The van der Waals surface area contributed by atoms with E-state index in [9.17, 15) is 26.4 Å². The van der Waals surface area contributed by atoms with Gasteiger partial charge in [-0.1, -0.05) is 18.6 Å². The van der Waals surface area contributed by atoms with Gasteiger partial charge in [-0.15, -0.1) is 0 Å². The predicted molar refractivity (Wildman–Crippen MR) is 187 cm³/mol. The van der Waals surface area contributed by atoms with Gasteiger partial charge < -0.3 is 9.80 Å². The molecule has 4 aliphatic heterocycles. The largest absolute Gasteiger partial charge is 0.312 e. The lowest BCUT2D eigenvalue weighted by Crippen LogP contribution is -2.36. The van der Waals surface area contributed by atoms with Crippen molar-refractivity contribution in [3.8, 4) is 0 Å². The Labute approximate surface area is 292 Å². The third kappa shape index (κ3) is 5.73. The van der Waals surface area contributed by atoms with Crippen LogP contribution in [0.1, 0.15) is 48.4 Å². The highest BCUT2D eigenvalue weighted by Gasteiger charge is 2.36. The molecule has 2 amide bonds. The molecule has 1 saturated heterocycles. The fraction of sp³-hybridized carbons (Fsp3) is 0.394. The zero-order valence-electron chi connectivity index (χ0n) is 25.8. The quantitative estimate of drug-likeness (QED) is 0.340. The van der Waals surface area contributed by atoms with E-state index in [2.05, 4.69) is 31.9 Å². The summed E-state index contributed by atoms with van der Waals surface area (Å²) in [5, 5.41) is 0. The van der Waals surface area contributed by atoms with Gasteiger partial charge in [0.15, 0.2) is 0 Å². The Morgan fingerprint density at radius 3 is 1.87 bits per heavy atom. The van der Waals surface area contributed by atoms with Crippen LogP contribution >= 0.6 is 31.9 Å². The molecule has 47 heavy (non-hydrogen) atoms. The molecule has 0 spiro atoms. The first kappa shape index (κ1) is 32.8. The molecule has 0 unspecified atom stereocenters. The predicted octanol–water partition coefficient (Wildman–Crippen LogP) is 5.18. The molecule has 10 nitrogen and oxygen atoms in total. The maximum Gasteiger partial charge on any atom is 0.265 e. The van der Waals surface area contributed by atoms with Crippen LogP contribution in [-0.4, -0.2) is 65.7 Å². The number of nitrogens with zero attached hydrogens (tertiary/aromatic N) is 4. The van der Waals surface area contributed by atoms with Crippen LogP contribution in [0.15, 0.2) is 61.2 Å². The van der Waals surface area contributed by atoms with Gasteiger partial charge in [0.05, 0.1) is 17.0 Å². The van der Waals surface area contributed by atoms with Crippen LogP contribution in [0.2, 0.25) is 0 Å². The maximum absolute atomic E-state index is 14.1. The summed E-state index contributed by atoms with van der Waals surface area (Å²) < 4.78 is 59.1. The smallest absolute Gasteiger partial charge is 0.265 e. The molecule has 4 heterocycles. The van der Waals surface area contributed by atoms with Crippen LogP contribution in [0.5, 0.6) is 0 Å². The number of anilines is 3. The van der Waals surface area contributed by atoms with E-state index in [0.717, 1.165) is 36.0 Å². The molecule has 0 N–H and O–H groups in total. The Morgan fingerprint density at radius 2 is 1.23 bits per heavy atom. The van der Waals surface area contributed by atoms with Crippen molar-refractivity contribution in [2.24, 2.45) is 0 Å². The van der Waals surface area contributed by atoms with Crippen molar-refractivity contribution < 1.29 is 26.4 Å². The van der Waals surface area contributed by atoms with Gasteiger partial charge >= 0.3 is 0 Å². The Hall–Kier alpha value is -2.78. The van der Waals surface area contributed by atoms with Crippen LogP contribution in [-0.2, 0) is 55.3 Å². The third-order valence-corrected chi connectivity index (χ3v) is 15.2. The summed E-state index contributed by atoms with van der Waals surface area (Å²) in [6.07, 6.45) is 4.50. The lowest BCUT2D eigenvalue weighted by Gasteiger charge is -2.27. The SMILES string of the molecule is CC(=O)N1CCc2cc(Br)c(S(=O)(=O)N3CCc4ccc(CC(=O)N5CCc6cc(Br)c(S(=O)(=O)N7CCCCC7)cc65)cc43)cc21. The number of halogens is 2. The van der Waals surface area contributed by atoms with Crippen LogP contribution in [0.25, 0.3) is 0 Å². The van der Waals surface area contributed by atoms with E-state index < -0.39 is 20.0 Å². The van der Waals surface area contributed by atoms with Gasteiger partial charge in [0, 0.05) is 60.0 Å². The summed E-state index contributed by atoms with van der Waals surface area (Å²) in [4.78, 5) is 29.4. The number of carbonyl (C=O) groups is 2. The average Bonchev–Trinajstić information content (AvgIpc) is 3.77. The minimum Gasteiger partial charge on any atom is -0.312 e. The normalized spacial score (nSPS) is 18.0. The first-order chi connectivity index (χ1) is 22.4. The fourth-order valence-corrected chi connectivity index (χ4v) is 12.3. The first-order valence-electron chi connectivity index (χ1n) is 15.7. The van der Waals surface area contributed by atoms with Crippen molar-refractivity contribution in [3.05, 3.63) is 73.7 Å². The van der Waals surface area contributed by atoms with E-state index in [-0.39, 0.29) is 34.6 Å². The summed E-state index contributed by atoms with van der Waals surface area (Å²) in [5.41, 5.74) is 5.10. The van der Waals surface area contributed by atoms with Crippen molar-refractivity contribution in [1.29, 1.82) is 0 Å². The van der Waals surface area contributed by atoms with Gasteiger partial charge in [0.2, 0.25) is 21.8 Å². The van der Waals surface area contributed by atoms with Crippen molar-refractivity contribution in [2.45, 2.75) is 61.7 Å². The standard InChI is InChI=1S/C33H34Br2N4O6S2/c1-21(40)37-12-7-24-17-27(35)32(19-28(24)37)47(44,45)39-14-9-23-6-5-22(15-30(23)39)16-33(41)38-13-8-25-18-26(34)31(20-29(25)38)46(42,43)36-10-3-2-4-11-36/h5-6,15,17-20H,2-4,7-14,16H2,1H3. The monoisotopic (exact) mass is 804 g/mol. The fourth-order valence-electron chi connectivity index (χ4n) is 7.15. The molecule has 0 aromatic heterocycles. The maximum atomic E-state index is 14.1. The number of sulfonamides is 2. The summed E-state index contributed by atoms with van der Waals surface area (Å²) in [6.45, 7) is 3.65. The lowest BCUT2D eigenvalue weighted by molar-refractivity contribution is -0.118. The Bertz CT molecular complexity index is 2050. The molecule has 0 radical (unpaired) electrons. The molecule has 14 heteroatoms. The highest BCUT2D eigenvalue weighted by atomic mass is 79.9. The number of hydrogen-bond acceptors (Lipinski definition) is 6. The highest BCUT2D eigenvalue weighted by Crippen LogP contribution is 2.41. The van der Waals surface area contributed by atoms with Crippen LogP contribution in [0.4, 0.5) is 17.1 Å². The highest BCUT2D eigenvalue weighted by molar-refractivity contribution is 9.10. The molecule has 0 bridgehead atoms. The topological polar surface area (TPSA) is 115 Å². The minimum absolute atomic E-state index is 0.0288. The van der Waals surface area contributed by atoms with Gasteiger partial charge in [-0.25, -0.2) is 16.8 Å². The average molecular weight is 807 g/mol. The van der Waals surface area contributed by atoms with Crippen molar-refractivity contribution in [1.82, 2.24) is 4.31 Å². The third-order valence-electron chi connectivity index (χ3n) is 9.60. The van der Waals surface area contributed by atoms with Crippen molar-refractivity contribution in [2.75, 3.05) is 46.8 Å². The molecule has 0 saturated carbocycles. The van der Waals surface area contributed by atoms with Crippen LogP contribution < -0.4 is 14.1 Å². The van der Waals surface area contributed by atoms with E-state index in [1.54, 1.807) is 34.1 Å². The lowest BCUT2D eigenvalue weighted by atomic mass is 10.1. The molecule has 4 aliphatic rings. The molecule has 0 aliphatic carbocycles. The van der Waals surface area contributed by atoms with Gasteiger partial charge in [-0.2, -0.15) is 4.31 Å². The second-order valence-corrected chi connectivity index (χ2v) is 17.9. The van der Waals surface area contributed by atoms with Gasteiger partial charge in [0.25, 0.3) is 10.0 Å². The van der Waals surface area contributed by atoms with Gasteiger partial charge in [0.1, 0.15) is 4.90 Å². The van der Waals surface area contributed by atoms with Crippen LogP contribution in [0, 0.1) is 0 Å². The molecule has 3 aromatic carbocycles. The summed E-state index contributed by atoms with van der Waals surface area (Å²) in [5.74, 6) is -0.325. The molecule has 0 atom stereocenters. The Kier molecular flexibility index (Phi) is 8.55. The minimum atomic E-state index is -4.00. The van der Waals surface area contributed by atoms with E-state index in [4.69, 9.17) is 0 Å². The molecule has 248 valence electrons. The summed E-state index contributed by atoms with van der Waals surface area (Å²) in [7, 11) is -7.72. The molecular weight excluding hydrogens is 772 g/mol. The summed E-state index contributed by atoms with van der Waals surface area (Å²) in [6, 6.07) is 12.3. The number of piperidine rings is 1. The Morgan fingerprint density at radius 1 is 0.660 bits per heavy atom. The molecule has 1 fully saturated rings. The number of benzene rings is 3. The van der Waals surface area contributed by atoms with Gasteiger partial charge in [-0.3, -0.25) is 13.9 Å². The molecular formula is C33H34Br2N4O6S2. The second-order valence-electron chi connectivity index (χ2n) is 12.5. The zero-order chi connectivity index (χ0) is 33.2. The number of fused-ring (bicyclic) bond motifs is 3. The number of amides is 2. The molecule has 7 rings (SSSR count). The number of rotatable bonds is 6. The van der Waals surface area contributed by atoms with Gasteiger partial charge in [-0.05, 0) is 117 Å². The van der Waals surface area contributed by atoms with E-state index in [1.165, 1.54) is 15.5 Å². The number of carbonyl (C=O) groups excluding carboxylic acids is 2. The van der Waals surface area contributed by atoms with E-state index in [1.807, 2.05) is 18.2 Å². The number of hydrogen-bond donors (Lipinski definition) is 0. The molecule has 3 aromatic rings. The first-order valence-corrected chi connectivity index (χ1v) is 20.2.